The highest BCUT2D eigenvalue weighted by atomic mass is 31.1. The van der Waals surface area contributed by atoms with Gasteiger partial charge in [-0.05, 0) is 19.8 Å². The Morgan fingerprint density at radius 1 is 1.38 bits per heavy atom. The standard InChI is InChI=1S/C14H19N2O7P/c1-9-6-16(14(18)15-13(9)17)12-3-2-10(22-12)8-21-24(19)23-11-4-5-20-7-11/h6,10-12H,2-5,7-8H2,1H3/p+1. The molecule has 0 aliphatic carbocycles. The quantitative estimate of drug-likeness (QED) is 0.755. The van der Waals surface area contributed by atoms with Crippen LogP contribution < -0.4 is 11.2 Å². The van der Waals surface area contributed by atoms with Gasteiger partial charge in [-0.15, -0.1) is 9.05 Å². The van der Waals surface area contributed by atoms with E-state index in [9.17, 15) is 14.2 Å². The Balaban J connectivity index is 1.50. The smallest absolute Gasteiger partial charge is 0.378 e. The zero-order chi connectivity index (χ0) is 17.1. The summed E-state index contributed by atoms with van der Waals surface area (Å²) in [6.07, 6.45) is 2.52. The van der Waals surface area contributed by atoms with Crippen molar-refractivity contribution < 1.29 is 23.1 Å². The first-order valence-corrected chi connectivity index (χ1v) is 8.94. The predicted molar refractivity (Wildman–Crippen MR) is 83.1 cm³/mol. The van der Waals surface area contributed by atoms with Gasteiger partial charge in [-0.25, -0.2) is 4.79 Å². The van der Waals surface area contributed by atoms with Gasteiger partial charge in [0.15, 0.2) is 0 Å². The summed E-state index contributed by atoms with van der Waals surface area (Å²) in [5.41, 5.74) is -0.472. The van der Waals surface area contributed by atoms with Gasteiger partial charge in [-0.3, -0.25) is 14.3 Å². The second kappa shape index (κ2) is 7.67. The lowest BCUT2D eigenvalue weighted by Crippen LogP contribution is -2.33. The molecular weight excluding hydrogens is 339 g/mol. The third kappa shape index (κ3) is 4.17. The third-order valence-corrected chi connectivity index (χ3v) is 4.86. The summed E-state index contributed by atoms with van der Waals surface area (Å²) in [7, 11) is -2.22. The van der Waals surface area contributed by atoms with E-state index in [1.807, 2.05) is 0 Å². The zero-order valence-corrected chi connectivity index (χ0v) is 14.2. The molecule has 2 aliphatic rings. The molecule has 132 valence electrons. The molecule has 0 bridgehead atoms. The van der Waals surface area contributed by atoms with Crippen molar-refractivity contribution in [3.63, 3.8) is 0 Å². The van der Waals surface area contributed by atoms with Crippen molar-refractivity contribution >= 4 is 8.25 Å². The summed E-state index contributed by atoms with van der Waals surface area (Å²) in [5, 5.41) is 0. The van der Waals surface area contributed by atoms with Crippen LogP contribution in [0.5, 0.6) is 0 Å². The summed E-state index contributed by atoms with van der Waals surface area (Å²) >= 11 is 0. The van der Waals surface area contributed by atoms with E-state index in [4.69, 9.17) is 18.5 Å². The van der Waals surface area contributed by atoms with Crippen molar-refractivity contribution in [2.45, 2.75) is 44.6 Å². The summed E-state index contributed by atoms with van der Waals surface area (Å²) in [6.45, 7) is 2.78. The van der Waals surface area contributed by atoms with Crippen molar-refractivity contribution in [2.24, 2.45) is 0 Å². The third-order valence-electron chi connectivity index (χ3n) is 4.03. The average molecular weight is 359 g/mol. The monoisotopic (exact) mass is 359 g/mol. The fourth-order valence-corrected chi connectivity index (χ4v) is 3.46. The topological polar surface area (TPSA) is 109 Å². The number of hydrogen-bond donors (Lipinski definition) is 1. The van der Waals surface area contributed by atoms with Gasteiger partial charge in [0.25, 0.3) is 5.56 Å². The first-order chi connectivity index (χ1) is 11.5. The number of rotatable bonds is 6. The molecule has 2 aliphatic heterocycles. The number of nitrogens with one attached hydrogen (secondary N) is 1. The number of aryl methyl sites for hydroxylation is 1. The average Bonchev–Trinajstić information content (AvgIpc) is 3.20. The molecule has 2 fully saturated rings. The molecule has 24 heavy (non-hydrogen) atoms. The molecular formula is C14H20N2O7P+. The largest absolute Gasteiger partial charge is 0.697 e. The fraction of sp³-hybridized carbons (Fsp3) is 0.714. The predicted octanol–water partition coefficient (Wildman–Crippen LogP) is 1.00. The molecule has 4 atom stereocenters. The lowest BCUT2D eigenvalue weighted by molar-refractivity contribution is -0.0221. The van der Waals surface area contributed by atoms with Crippen molar-refractivity contribution in [3.8, 4) is 0 Å². The maximum absolute atomic E-state index is 11.9. The number of nitrogens with zero attached hydrogens (tertiary/aromatic N) is 1. The van der Waals surface area contributed by atoms with Gasteiger partial charge < -0.3 is 9.47 Å². The van der Waals surface area contributed by atoms with Gasteiger partial charge in [0.05, 0.1) is 12.7 Å². The molecule has 10 heteroatoms. The van der Waals surface area contributed by atoms with Gasteiger partial charge in [-0.1, -0.05) is 0 Å². The summed E-state index contributed by atoms with van der Waals surface area (Å²) < 4.78 is 34.4. The lowest BCUT2D eigenvalue weighted by Gasteiger charge is -2.14. The van der Waals surface area contributed by atoms with Crippen LogP contribution in [0, 0.1) is 6.92 Å². The number of aromatic amines is 1. The van der Waals surface area contributed by atoms with Crippen LogP contribution in [0.15, 0.2) is 15.8 Å². The van der Waals surface area contributed by atoms with Crippen LogP contribution in [0.3, 0.4) is 0 Å². The minimum atomic E-state index is -2.22. The minimum Gasteiger partial charge on any atom is -0.378 e. The number of H-pyrrole nitrogens is 1. The van der Waals surface area contributed by atoms with Crippen molar-refractivity contribution in [3.05, 3.63) is 32.6 Å². The van der Waals surface area contributed by atoms with Gasteiger partial charge in [-0.2, -0.15) is 0 Å². The Kier molecular flexibility index (Phi) is 5.57. The minimum absolute atomic E-state index is 0.121. The van der Waals surface area contributed by atoms with Crippen LogP contribution in [-0.4, -0.2) is 41.6 Å². The van der Waals surface area contributed by atoms with E-state index < -0.39 is 25.7 Å². The van der Waals surface area contributed by atoms with Crippen LogP contribution in [0.25, 0.3) is 0 Å². The first-order valence-electron chi connectivity index (χ1n) is 7.85. The van der Waals surface area contributed by atoms with E-state index in [1.54, 1.807) is 6.92 Å². The highest BCUT2D eigenvalue weighted by molar-refractivity contribution is 7.33. The number of ether oxygens (including phenoxy) is 2. The van der Waals surface area contributed by atoms with E-state index in [-0.39, 0.29) is 18.8 Å². The van der Waals surface area contributed by atoms with Crippen LogP contribution in [-0.2, 0) is 23.1 Å². The summed E-state index contributed by atoms with van der Waals surface area (Å²) in [5.74, 6) is 0. The first kappa shape index (κ1) is 17.4. The Bertz CT molecular complexity index is 710. The van der Waals surface area contributed by atoms with E-state index in [1.165, 1.54) is 10.8 Å². The molecule has 0 radical (unpaired) electrons. The van der Waals surface area contributed by atoms with Crippen LogP contribution in [0.2, 0.25) is 0 Å². The van der Waals surface area contributed by atoms with E-state index in [0.717, 1.165) is 0 Å². The molecule has 0 aromatic carbocycles. The second-order valence-electron chi connectivity index (χ2n) is 5.88. The van der Waals surface area contributed by atoms with Crippen LogP contribution in [0.1, 0.15) is 31.1 Å². The summed E-state index contributed by atoms with van der Waals surface area (Å²) in [4.78, 5) is 25.5. The van der Waals surface area contributed by atoms with E-state index in [2.05, 4.69) is 4.98 Å². The maximum atomic E-state index is 11.9. The Hall–Kier alpha value is -1.38. The Morgan fingerprint density at radius 3 is 2.96 bits per heavy atom. The van der Waals surface area contributed by atoms with Gasteiger partial charge in [0.1, 0.15) is 18.9 Å². The molecule has 3 rings (SSSR count). The molecule has 3 heterocycles. The molecule has 9 nitrogen and oxygen atoms in total. The second-order valence-corrected chi connectivity index (χ2v) is 6.80. The molecule has 0 saturated carbocycles. The van der Waals surface area contributed by atoms with Crippen LogP contribution >= 0.6 is 8.25 Å². The van der Waals surface area contributed by atoms with Crippen molar-refractivity contribution in [2.75, 3.05) is 19.8 Å². The molecule has 2 saturated heterocycles. The van der Waals surface area contributed by atoms with Gasteiger partial charge in [0.2, 0.25) is 0 Å². The highest BCUT2D eigenvalue weighted by Crippen LogP contribution is 2.32. The number of aromatic nitrogens is 2. The van der Waals surface area contributed by atoms with E-state index in [0.29, 0.717) is 38.0 Å². The lowest BCUT2D eigenvalue weighted by atomic mass is 10.2. The molecule has 0 amide bonds. The number of hydrogen-bond acceptors (Lipinski definition) is 7. The van der Waals surface area contributed by atoms with Crippen molar-refractivity contribution in [1.82, 2.24) is 9.55 Å². The van der Waals surface area contributed by atoms with Gasteiger partial charge in [0, 0.05) is 29.4 Å². The summed E-state index contributed by atoms with van der Waals surface area (Å²) in [6, 6.07) is 0. The molecule has 1 aromatic heterocycles. The molecule has 0 spiro atoms. The fourth-order valence-electron chi connectivity index (χ4n) is 2.71. The maximum Gasteiger partial charge on any atom is 0.697 e. The normalized spacial score (nSPS) is 27.5. The highest BCUT2D eigenvalue weighted by Gasteiger charge is 2.34. The van der Waals surface area contributed by atoms with Crippen LogP contribution in [0.4, 0.5) is 0 Å². The molecule has 4 unspecified atom stereocenters. The van der Waals surface area contributed by atoms with Crippen molar-refractivity contribution in [1.29, 1.82) is 0 Å². The van der Waals surface area contributed by atoms with Gasteiger partial charge >= 0.3 is 13.9 Å². The Labute approximate surface area is 138 Å². The molecule has 1 N–H and O–H groups in total. The SMILES string of the molecule is Cc1cn(C2CCC(CO[P+](=O)OC3CCOC3)O2)c(=O)[nH]c1=O. The Morgan fingerprint density at radius 2 is 2.21 bits per heavy atom. The van der Waals surface area contributed by atoms with E-state index >= 15 is 0 Å². The zero-order valence-electron chi connectivity index (χ0n) is 13.3. The molecule has 1 aromatic rings.